The molecule has 1 aromatic carbocycles. The smallest absolute Gasteiger partial charge is 0.409 e. The molecule has 2 rings (SSSR count). The molecule has 1 aromatic rings. The van der Waals surface area contributed by atoms with Crippen molar-refractivity contribution in [3.05, 3.63) is 35.9 Å². The summed E-state index contributed by atoms with van der Waals surface area (Å²) in [5.41, 5.74) is 0.948. The van der Waals surface area contributed by atoms with E-state index in [1.165, 1.54) is 4.90 Å². The monoisotopic (exact) mass is 324 g/mol. The first-order chi connectivity index (χ1) is 10.6. The van der Waals surface area contributed by atoms with Gasteiger partial charge in [-0.05, 0) is 18.4 Å². The number of hydrogen-bond acceptors (Lipinski definition) is 3. The Morgan fingerprint density at radius 2 is 2.09 bits per heavy atom. The molecule has 0 radical (unpaired) electrons. The molecule has 120 valence electrons. The number of benzene rings is 1. The number of amides is 2. The fraction of sp³-hybridized carbons (Fsp3) is 0.500. The van der Waals surface area contributed by atoms with Crippen LogP contribution < -0.4 is 0 Å². The fourth-order valence-corrected chi connectivity index (χ4v) is 2.80. The first kappa shape index (κ1) is 16.6. The highest BCUT2D eigenvalue weighted by atomic mass is 35.5. The number of halogens is 1. The van der Waals surface area contributed by atoms with Gasteiger partial charge in [0.05, 0.1) is 0 Å². The predicted octanol–water partition coefficient (Wildman–Crippen LogP) is 2.48. The Kier molecular flexibility index (Phi) is 6.07. The van der Waals surface area contributed by atoms with Crippen molar-refractivity contribution in [2.45, 2.75) is 25.5 Å². The maximum absolute atomic E-state index is 12.0. The van der Waals surface area contributed by atoms with Gasteiger partial charge in [-0.25, -0.2) is 4.79 Å². The van der Waals surface area contributed by atoms with E-state index in [0.29, 0.717) is 13.1 Å². The van der Waals surface area contributed by atoms with E-state index in [-0.39, 0.29) is 30.5 Å². The number of likely N-dealkylation sites (N-methyl/N-ethyl adjacent to an activating group) is 1. The third-order valence-corrected chi connectivity index (χ3v) is 4.04. The minimum Gasteiger partial charge on any atom is -0.445 e. The Morgan fingerprint density at radius 1 is 1.36 bits per heavy atom. The van der Waals surface area contributed by atoms with Crippen LogP contribution >= 0.6 is 11.6 Å². The highest BCUT2D eigenvalue weighted by Gasteiger charge is 2.30. The van der Waals surface area contributed by atoms with Crippen molar-refractivity contribution in [2.24, 2.45) is 0 Å². The summed E-state index contributed by atoms with van der Waals surface area (Å²) in [6.45, 7) is 1.43. The summed E-state index contributed by atoms with van der Waals surface area (Å²) in [4.78, 5) is 27.0. The molecule has 0 spiro atoms. The molecule has 2 amide bonds. The Hall–Kier alpha value is -1.75. The van der Waals surface area contributed by atoms with Crippen LogP contribution in [0.15, 0.2) is 30.3 Å². The van der Waals surface area contributed by atoms with Gasteiger partial charge in [0.25, 0.3) is 0 Å². The van der Waals surface area contributed by atoms with Crippen LogP contribution in [0.25, 0.3) is 0 Å². The number of likely N-dealkylation sites (tertiary alicyclic amines) is 1. The summed E-state index contributed by atoms with van der Waals surface area (Å²) in [7, 11) is 1.69. The molecule has 22 heavy (non-hydrogen) atoms. The molecule has 1 saturated heterocycles. The number of rotatable bonds is 5. The Balaban J connectivity index is 1.82. The van der Waals surface area contributed by atoms with Crippen molar-refractivity contribution in [3.8, 4) is 0 Å². The molecule has 6 heteroatoms. The van der Waals surface area contributed by atoms with E-state index in [1.807, 2.05) is 30.3 Å². The maximum Gasteiger partial charge on any atom is 0.409 e. The highest BCUT2D eigenvalue weighted by Crippen LogP contribution is 2.18. The number of carbonyl (C=O) groups excluding carboxylic acids is 2. The van der Waals surface area contributed by atoms with Crippen LogP contribution in [0.2, 0.25) is 0 Å². The minimum atomic E-state index is -0.381. The van der Waals surface area contributed by atoms with Crippen LogP contribution in [0.5, 0.6) is 0 Å². The molecular formula is C16H21ClN2O3. The molecule has 0 bridgehead atoms. The van der Waals surface area contributed by atoms with Gasteiger partial charge in [0, 0.05) is 26.2 Å². The first-order valence-corrected chi connectivity index (χ1v) is 7.92. The molecule has 1 aliphatic rings. The van der Waals surface area contributed by atoms with Gasteiger partial charge >= 0.3 is 6.09 Å². The molecular weight excluding hydrogens is 304 g/mol. The van der Waals surface area contributed by atoms with Crippen molar-refractivity contribution in [1.82, 2.24) is 9.80 Å². The summed E-state index contributed by atoms with van der Waals surface area (Å²) in [6, 6.07) is 9.57. The normalized spacial score (nSPS) is 17.4. The van der Waals surface area contributed by atoms with E-state index >= 15 is 0 Å². The summed E-state index contributed by atoms with van der Waals surface area (Å²) in [6.07, 6.45) is 1.45. The lowest BCUT2D eigenvalue weighted by molar-refractivity contribution is -0.129. The van der Waals surface area contributed by atoms with Crippen molar-refractivity contribution in [3.63, 3.8) is 0 Å². The van der Waals surface area contributed by atoms with Gasteiger partial charge in [-0.3, -0.25) is 4.79 Å². The summed E-state index contributed by atoms with van der Waals surface area (Å²) in [5, 5.41) is 0. The largest absolute Gasteiger partial charge is 0.445 e. The summed E-state index contributed by atoms with van der Waals surface area (Å²) < 4.78 is 5.28. The third-order valence-electron chi connectivity index (χ3n) is 3.81. The first-order valence-electron chi connectivity index (χ1n) is 7.39. The Bertz CT molecular complexity index is 509. The lowest BCUT2D eigenvalue weighted by Gasteiger charge is -2.28. The standard InChI is InChI=1S/C16H21ClN2O3/c1-18(11-14-8-5-9-19(14)15(20)10-17)16(21)22-12-13-6-3-2-4-7-13/h2-4,6-7,14H,5,8-12H2,1H3/t14-/m0/s1. The van der Waals surface area contributed by atoms with E-state index in [2.05, 4.69) is 0 Å². The lowest BCUT2D eigenvalue weighted by Crippen LogP contribution is -2.44. The van der Waals surface area contributed by atoms with Crippen LogP contribution in [-0.2, 0) is 16.1 Å². The highest BCUT2D eigenvalue weighted by molar-refractivity contribution is 6.27. The van der Waals surface area contributed by atoms with Crippen LogP contribution in [-0.4, -0.2) is 53.9 Å². The van der Waals surface area contributed by atoms with Gasteiger partial charge in [-0.1, -0.05) is 30.3 Å². The number of alkyl halides is 1. The topological polar surface area (TPSA) is 49.9 Å². The molecule has 1 heterocycles. The Labute approximate surface area is 135 Å². The van der Waals surface area contributed by atoms with E-state index in [4.69, 9.17) is 16.3 Å². The minimum absolute atomic E-state index is 0.0152. The summed E-state index contributed by atoms with van der Waals surface area (Å²) in [5.74, 6) is -0.0891. The van der Waals surface area contributed by atoms with Crippen LogP contribution in [0.4, 0.5) is 4.79 Å². The molecule has 0 N–H and O–H groups in total. The number of ether oxygens (including phenoxy) is 1. The van der Waals surface area contributed by atoms with Crippen LogP contribution in [0.3, 0.4) is 0 Å². The van der Waals surface area contributed by atoms with Crippen LogP contribution in [0.1, 0.15) is 18.4 Å². The van der Waals surface area contributed by atoms with Gasteiger partial charge in [-0.15, -0.1) is 11.6 Å². The lowest BCUT2D eigenvalue weighted by atomic mass is 10.2. The van der Waals surface area contributed by atoms with Gasteiger partial charge in [0.15, 0.2) is 0 Å². The van der Waals surface area contributed by atoms with Crippen molar-refractivity contribution in [1.29, 1.82) is 0 Å². The molecule has 0 unspecified atom stereocenters. The SMILES string of the molecule is CN(C[C@@H]1CCCN1C(=O)CCl)C(=O)OCc1ccccc1. The van der Waals surface area contributed by atoms with E-state index in [0.717, 1.165) is 18.4 Å². The molecule has 1 atom stereocenters. The predicted molar refractivity (Wildman–Crippen MR) is 84.7 cm³/mol. The van der Waals surface area contributed by atoms with Crippen LogP contribution in [0, 0.1) is 0 Å². The number of hydrogen-bond donors (Lipinski definition) is 0. The Morgan fingerprint density at radius 3 is 2.77 bits per heavy atom. The third kappa shape index (κ3) is 4.37. The molecule has 0 aliphatic carbocycles. The van der Waals surface area contributed by atoms with Crippen molar-refractivity contribution >= 4 is 23.6 Å². The van der Waals surface area contributed by atoms with Gasteiger partial charge in [0.2, 0.25) is 5.91 Å². The molecule has 5 nitrogen and oxygen atoms in total. The average Bonchev–Trinajstić information content (AvgIpc) is 3.00. The van der Waals surface area contributed by atoms with Crippen molar-refractivity contribution < 1.29 is 14.3 Å². The number of nitrogens with zero attached hydrogens (tertiary/aromatic N) is 2. The van der Waals surface area contributed by atoms with Gasteiger partial charge in [0.1, 0.15) is 12.5 Å². The molecule has 0 aromatic heterocycles. The van der Waals surface area contributed by atoms with E-state index < -0.39 is 0 Å². The van der Waals surface area contributed by atoms with E-state index in [9.17, 15) is 9.59 Å². The second-order valence-corrected chi connectivity index (χ2v) is 5.70. The zero-order valence-electron chi connectivity index (χ0n) is 12.7. The van der Waals surface area contributed by atoms with E-state index in [1.54, 1.807) is 11.9 Å². The average molecular weight is 325 g/mol. The molecule has 1 fully saturated rings. The summed E-state index contributed by atoms with van der Waals surface area (Å²) >= 11 is 5.62. The van der Waals surface area contributed by atoms with Gasteiger partial charge in [-0.2, -0.15) is 0 Å². The molecule has 0 saturated carbocycles. The second-order valence-electron chi connectivity index (χ2n) is 5.44. The maximum atomic E-state index is 12.0. The zero-order chi connectivity index (χ0) is 15.9. The van der Waals surface area contributed by atoms with Gasteiger partial charge < -0.3 is 14.5 Å². The number of carbonyl (C=O) groups is 2. The quantitative estimate of drug-likeness (QED) is 0.782. The zero-order valence-corrected chi connectivity index (χ0v) is 13.5. The molecule has 1 aliphatic heterocycles. The fourth-order valence-electron chi connectivity index (χ4n) is 2.65. The van der Waals surface area contributed by atoms with Crippen molar-refractivity contribution in [2.75, 3.05) is 26.0 Å². The second kappa shape index (κ2) is 8.03.